The lowest BCUT2D eigenvalue weighted by Crippen LogP contribution is -2.16. The molecule has 0 amide bonds. The van der Waals surface area contributed by atoms with Crippen LogP contribution in [0, 0.1) is 4.77 Å². The molecule has 1 N–H and O–H groups in total. The molecule has 0 radical (unpaired) electrons. The lowest BCUT2D eigenvalue weighted by Gasteiger charge is -2.16. The van der Waals surface area contributed by atoms with Crippen molar-refractivity contribution in [3.63, 3.8) is 0 Å². The highest BCUT2D eigenvalue weighted by Gasteiger charge is 2.19. The lowest BCUT2D eigenvalue weighted by atomic mass is 10.1. The van der Waals surface area contributed by atoms with Crippen molar-refractivity contribution < 1.29 is 9.53 Å². The van der Waals surface area contributed by atoms with Crippen LogP contribution in [0.5, 0.6) is 0 Å². The molecule has 0 fully saturated rings. The van der Waals surface area contributed by atoms with E-state index in [9.17, 15) is 4.79 Å². The van der Waals surface area contributed by atoms with Crippen LogP contribution in [-0.2, 0) is 4.74 Å². The van der Waals surface area contributed by atoms with Crippen molar-refractivity contribution in [2.75, 3.05) is 0 Å². The second-order valence-electron chi connectivity index (χ2n) is 6.15. The summed E-state index contributed by atoms with van der Waals surface area (Å²) < 4.78 is 7.71. The minimum absolute atomic E-state index is 0.395. The zero-order chi connectivity index (χ0) is 18.8. The van der Waals surface area contributed by atoms with Gasteiger partial charge in [-0.3, -0.25) is 9.67 Å². The van der Waals surface area contributed by atoms with Gasteiger partial charge in [0.25, 0.3) is 0 Å². The minimum Gasteiger partial charge on any atom is -0.438 e. The molecule has 0 aliphatic carbocycles. The average Bonchev–Trinajstić information content (AvgIpc) is 3.09. The van der Waals surface area contributed by atoms with Crippen LogP contribution in [0.15, 0.2) is 72.8 Å². The molecular weight excluding hydrogens is 358 g/mol. The van der Waals surface area contributed by atoms with E-state index in [4.69, 9.17) is 17.0 Å². The third kappa shape index (κ3) is 3.39. The van der Waals surface area contributed by atoms with Gasteiger partial charge >= 0.3 is 5.97 Å². The van der Waals surface area contributed by atoms with Crippen LogP contribution in [0.2, 0.25) is 0 Å². The van der Waals surface area contributed by atoms with Crippen LogP contribution in [0.4, 0.5) is 0 Å². The quantitative estimate of drug-likeness (QED) is 0.396. The third-order valence-electron chi connectivity index (χ3n) is 4.36. The van der Waals surface area contributed by atoms with Crippen molar-refractivity contribution in [1.29, 1.82) is 0 Å². The number of aromatic nitrogens is 3. The van der Waals surface area contributed by atoms with Gasteiger partial charge in [-0.15, -0.1) is 0 Å². The molecule has 1 atom stereocenters. The van der Waals surface area contributed by atoms with E-state index >= 15 is 0 Å². The molecule has 134 valence electrons. The Hall–Kier alpha value is -3.25. The molecule has 5 nitrogen and oxygen atoms in total. The van der Waals surface area contributed by atoms with Crippen LogP contribution in [0.1, 0.15) is 23.5 Å². The van der Waals surface area contributed by atoms with E-state index in [0.717, 1.165) is 16.3 Å². The molecule has 1 unspecified atom stereocenters. The van der Waals surface area contributed by atoms with Crippen LogP contribution < -0.4 is 0 Å². The Morgan fingerprint density at radius 1 is 1.04 bits per heavy atom. The molecule has 4 rings (SSSR count). The van der Waals surface area contributed by atoms with Gasteiger partial charge in [0.2, 0.25) is 0 Å². The van der Waals surface area contributed by atoms with Gasteiger partial charge in [0.05, 0.1) is 5.56 Å². The molecule has 0 saturated heterocycles. The maximum Gasteiger partial charge on any atom is 0.340 e. The van der Waals surface area contributed by atoms with E-state index < -0.39 is 12.2 Å². The number of aromatic amines is 1. The van der Waals surface area contributed by atoms with Crippen molar-refractivity contribution in [3.05, 3.63) is 83.1 Å². The Morgan fingerprint density at radius 3 is 2.52 bits per heavy atom. The summed E-state index contributed by atoms with van der Waals surface area (Å²) in [6.07, 6.45) is -0.606. The van der Waals surface area contributed by atoms with Crippen molar-refractivity contribution in [2.45, 2.75) is 13.2 Å². The zero-order valence-corrected chi connectivity index (χ0v) is 15.4. The molecule has 6 heteroatoms. The molecule has 0 saturated carbocycles. The monoisotopic (exact) mass is 375 g/mol. The first-order valence-corrected chi connectivity index (χ1v) is 8.96. The number of carbonyl (C=O) groups is 1. The largest absolute Gasteiger partial charge is 0.438 e. The zero-order valence-electron chi connectivity index (χ0n) is 14.6. The number of esters is 1. The SMILES string of the molecule is CC(OC(=O)c1ccccc1)n1c(-c2ccc3ccccc3c2)n[nH]c1=S. The van der Waals surface area contributed by atoms with Crippen LogP contribution in [0.3, 0.4) is 0 Å². The van der Waals surface area contributed by atoms with E-state index in [1.807, 2.05) is 42.5 Å². The van der Waals surface area contributed by atoms with Crippen LogP contribution in [-0.4, -0.2) is 20.7 Å². The van der Waals surface area contributed by atoms with Gasteiger partial charge in [0.15, 0.2) is 16.8 Å². The fraction of sp³-hybridized carbons (Fsp3) is 0.0952. The lowest BCUT2D eigenvalue weighted by molar-refractivity contribution is 0.0157. The molecule has 0 aliphatic heterocycles. The Kier molecular flexibility index (Phi) is 4.56. The second-order valence-corrected chi connectivity index (χ2v) is 6.54. The van der Waals surface area contributed by atoms with Gasteiger partial charge < -0.3 is 4.74 Å². The highest BCUT2D eigenvalue weighted by molar-refractivity contribution is 7.71. The number of rotatable bonds is 4. The maximum atomic E-state index is 12.4. The predicted molar refractivity (Wildman–Crippen MR) is 107 cm³/mol. The molecule has 3 aromatic carbocycles. The van der Waals surface area contributed by atoms with Gasteiger partial charge in [0.1, 0.15) is 0 Å². The molecule has 0 bridgehead atoms. The molecule has 1 aromatic heterocycles. The average molecular weight is 375 g/mol. The number of fused-ring (bicyclic) bond motifs is 1. The number of carbonyl (C=O) groups excluding carboxylic acids is 1. The normalized spacial score (nSPS) is 12.0. The first-order chi connectivity index (χ1) is 13.1. The van der Waals surface area contributed by atoms with Gasteiger partial charge in [-0.1, -0.05) is 54.6 Å². The molecule has 1 heterocycles. The molecule has 0 aliphatic rings. The summed E-state index contributed by atoms with van der Waals surface area (Å²) in [7, 11) is 0. The van der Waals surface area contributed by atoms with Crippen LogP contribution >= 0.6 is 12.2 Å². The van der Waals surface area contributed by atoms with Gasteiger partial charge in [-0.2, -0.15) is 5.10 Å². The Balaban J connectivity index is 1.68. The third-order valence-corrected chi connectivity index (χ3v) is 4.65. The predicted octanol–water partition coefficient (Wildman–Crippen LogP) is 5.14. The summed E-state index contributed by atoms with van der Waals surface area (Å²) in [5.74, 6) is 0.217. The van der Waals surface area contributed by atoms with Crippen molar-refractivity contribution in [3.8, 4) is 11.4 Å². The summed E-state index contributed by atoms with van der Waals surface area (Å²) in [5, 5.41) is 9.40. The Labute approximate surface area is 161 Å². The van der Waals surface area contributed by atoms with Gasteiger partial charge in [0, 0.05) is 5.56 Å². The first-order valence-electron chi connectivity index (χ1n) is 8.55. The van der Waals surface area contributed by atoms with Crippen molar-refractivity contribution in [1.82, 2.24) is 14.8 Å². The standard InChI is InChI=1S/C21H17N3O2S/c1-14(26-20(25)16-8-3-2-4-9-16)24-19(22-23-21(24)27)18-12-11-15-7-5-6-10-17(15)13-18/h2-14H,1H3,(H,23,27). The second kappa shape index (κ2) is 7.17. The number of ether oxygens (including phenoxy) is 1. The summed E-state index contributed by atoms with van der Waals surface area (Å²) in [4.78, 5) is 12.4. The fourth-order valence-electron chi connectivity index (χ4n) is 3.02. The number of nitrogens with zero attached hydrogens (tertiary/aromatic N) is 2. The highest BCUT2D eigenvalue weighted by Crippen LogP contribution is 2.26. The van der Waals surface area contributed by atoms with E-state index in [0.29, 0.717) is 16.2 Å². The highest BCUT2D eigenvalue weighted by atomic mass is 32.1. The smallest absolute Gasteiger partial charge is 0.340 e. The van der Waals surface area contributed by atoms with E-state index in [1.54, 1.807) is 35.8 Å². The number of hydrogen-bond donors (Lipinski definition) is 1. The molecular formula is C21H17N3O2S. The Bertz CT molecular complexity index is 1160. The van der Waals surface area contributed by atoms with Gasteiger partial charge in [-0.05, 0) is 48.1 Å². The fourth-order valence-corrected chi connectivity index (χ4v) is 3.30. The Morgan fingerprint density at radius 2 is 1.74 bits per heavy atom. The molecule has 4 aromatic rings. The van der Waals surface area contributed by atoms with Crippen LogP contribution in [0.25, 0.3) is 22.2 Å². The minimum atomic E-state index is -0.606. The maximum absolute atomic E-state index is 12.4. The number of H-pyrrole nitrogens is 1. The summed E-state index contributed by atoms with van der Waals surface area (Å²) in [6, 6.07) is 23.0. The summed E-state index contributed by atoms with van der Waals surface area (Å²) in [6.45, 7) is 1.77. The molecule has 0 spiro atoms. The number of benzene rings is 3. The van der Waals surface area contributed by atoms with Gasteiger partial charge in [-0.25, -0.2) is 4.79 Å². The summed E-state index contributed by atoms with van der Waals surface area (Å²) in [5.41, 5.74) is 1.38. The topological polar surface area (TPSA) is 59.9 Å². The van der Waals surface area contributed by atoms with E-state index in [1.165, 1.54) is 0 Å². The number of hydrogen-bond acceptors (Lipinski definition) is 4. The van der Waals surface area contributed by atoms with E-state index in [2.05, 4.69) is 16.3 Å². The van der Waals surface area contributed by atoms with Crippen molar-refractivity contribution in [2.24, 2.45) is 0 Å². The molecule has 27 heavy (non-hydrogen) atoms. The first kappa shape index (κ1) is 17.2. The van der Waals surface area contributed by atoms with E-state index in [-0.39, 0.29) is 0 Å². The van der Waals surface area contributed by atoms with Crippen molar-refractivity contribution >= 4 is 29.0 Å². The summed E-state index contributed by atoms with van der Waals surface area (Å²) >= 11 is 5.37. The number of nitrogens with one attached hydrogen (secondary N) is 1.